The summed E-state index contributed by atoms with van der Waals surface area (Å²) in [6, 6.07) is 8.13. The maximum atomic E-state index is 12.7. The monoisotopic (exact) mass is 330 g/mol. The minimum atomic E-state index is -0.218. The van der Waals surface area contributed by atoms with Gasteiger partial charge in [0.15, 0.2) is 0 Å². The lowest BCUT2D eigenvalue weighted by molar-refractivity contribution is -0.133. The van der Waals surface area contributed by atoms with E-state index < -0.39 is 0 Å². The SMILES string of the molecule is COc1ccccc1[C@H]1CN(C(=O)C(C)C)C[C@H]1C(=O)NC1CC1. The summed E-state index contributed by atoms with van der Waals surface area (Å²) in [4.78, 5) is 27.0. The van der Waals surface area contributed by atoms with Gasteiger partial charge >= 0.3 is 0 Å². The van der Waals surface area contributed by atoms with Crippen molar-refractivity contribution in [2.24, 2.45) is 11.8 Å². The molecule has 2 atom stereocenters. The Morgan fingerprint density at radius 2 is 1.92 bits per heavy atom. The van der Waals surface area contributed by atoms with Crippen LogP contribution in [0.25, 0.3) is 0 Å². The Morgan fingerprint density at radius 1 is 1.21 bits per heavy atom. The molecular formula is C19H26N2O3. The molecule has 1 aliphatic carbocycles. The van der Waals surface area contributed by atoms with E-state index in [-0.39, 0.29) is 29.6 Å². The normalized spacial score (nSPS) is 23.4. The number of para-hydroxylation sites is 1. The fraction of sp³-hybridized carbons (Fsp3) is 0.579. The van der Waals surface area contributed by atoms with E-state index in [1.54, 1.807) is 7.11 Å². The number of benzene rings is 1. The van der Waals surface area contributed by atoms with Crippen LogP contribution in [0.1, 0.15) is 38.2 Å². The largest absolute Gasteiger partial charge is 0.496 e. The van der Waals surface area contributed by atoms with Crippen molar-refractivity contribution in [3.8, 4) is 5.75 Å². The molecule has 3 rings (SSSR count). The maximum Gasteiger partial charge on any atom is 0.225 e. The summed E-state index contributed by atoms with van der Waals surface area (Å²) in [6.45, 7) is 4.86. The molecule has 2 aliphatic rings. The van der Waals surface area contributed by atoms with E-state index in [9.17, 15) is 9.59 Å². The minimum absolute atomic E-state index is 0.0254. The standard InChI is InChI=1S/C19H26N2O3/c1-12(2)19(23)21-10-15(14-6-4-5-7-17(14)24-3)16(11-21)18(22)20-13-8-9-13/h4-7,12-13,15-16H,8-11H2,1-3H3,(H,20,22)/t15-,16-/m1/s1. The molecule has 1 saturated carbocycles. The first-order valence-corrected chi connectivity index (χ1v) is 8.73. The van der Waals surface area contributed by atoms with Gasteiger partial charge in [0.2, 0.25) is 11.8 Å². The quantitative estimate of drug-likeness (QED) is 0.900. The highest BCUT2D eigenvalue weighted by molar-refractivity contribution is 5.84. The Labute approximate surface area is 143 Å². The summed E-state index contributed by atoms with van der Waals surface area (Å²) in [5, 5.41) is 3.10. The first kappa shape index (κ1) is 16.8. The van der Waals surface area contributed by atoms with Crippen molar-refractivity contribution >= 4 is 11.8 Å². The van der Waals surface area contributed by atoms with Gasteiger partial charge in [-0.15, -0.1) is 0 Å². The summed E-state index contributed by atoms with van der Waals surface area (Å²) in [7, 11) is 1.64. The number of methoxy groups -OCH3 is 1. The van der Waals surface area contributed by atoms with Crippen LogP contribution < -0.4 is 10.1 Å². The number of amides is 2. The van der Waals surface area contributed by atoms with Crippen molar-refractivity contribution in [3.05, 3.63) is 29.8 Å². The third-order valence-corrected chi connectivity index (χ3v) is 4.92. The molecule has 5 heteroatoms. The smallest absolute Gasteiger partial charge is 0.225 e. The highest BCUT2D eigenvalue weighted by atomic mass is 16.5. The predicted octanol–water partition coefficient (Wildman–Crippen LogP) is 2.17. The molecule has 2 amide bonds. The zero-order valence-electron chi connectivity index (χ0n) is 14.6. The van der Waals surface area contributed by atoms with Gasteiger partial charge in [0.25, 0.3) is 0 Å². The predicted molar refractivity (Wildman–Crippen MR) is 91.8 cm³/mol. The molecule has 0 aromatic heterocycles. The Hall–Kier alpha value is -2.04. The van der Waals surface area contributed by atoms with Crippen molar-refractivity contribution in [2.45, 2.75) is 38.6 Å². The van der Waals surface area contributed by atoms with Crippen LogP contribution in [-0.4, -0.2) is 43.0 Å². The molecule has 0 unspecified atom stereocenters. The Balaban J connectivity index is 1.87. The van der Waals surface area contributed by atoms with Crippen molar-refractivity contribution in [1.29, 1.82) is 0 Å². The first-order chi connectivity index (χ1) is 11.5. The number of hydrogen-bond acceptors (Lipinski definition) is 3. The van der Waals surface area contributed by atoms with E-state index in [4.69, 9.17) is 4.74 Å². The third kappa shape index (κ3) is 3.40. The van der Waals surface area contributed by atoms with Gasteiger partial charge in [-0.25, -0.2) is 0 Å². The van der Waals surface area contributed by atoms with Crippen LogP contribution in [0.5, 0.6) is 5.75 Å². The molecule has 130 valence electrons. The molecule has 0 radical (unpaired) electrons. The summed E-state index contributed by atoms with van der Waals surface area (Å²) < 4.78 is 5.49. The highest BCUT2D eigenvalue weighted by Gasteiger charge is 2.42. The third-order valence-electron chi connectivity index (χ3n) is 4.92. The number of likely N-dealkylation sites (tertiary alicyclic amines) is 1. The Kier molecular flexibility index (Phi) is 4.78. The number of rotatable bonds is 5. The molecule has 1 aromatic rings. The van der Waals surface area contributed by atoms with Crippen LogP contribution in [-0.2, 0) is 9.59 Å². The van der Waals surface area contributed by atoms with Crippen molar-refractivity contribution in [3.63, 3.8) is 0 Å². The van der Waals surface area contributed by atoms with Gasteiger partial charge in [-0.05, 0) is 24.5 Å². The van der Waals surface area contributed by atoms with Crippen molar-refractivity contribution < 1.29 is 14.3 Å². The lowest BCUT2D eigenvalue weighted by atomic mass is 9.87. The number of hydrogen-bond donors (Lipinski definition) is 1. The number of nitrogens with one attached hydrogen (secondary N) is 1. The van der Waals surface area contributed by atoms with Gasteiger partial charge in [-0.2, -0.15) is 0 Å². The van der Waals surface area contributed by atoms with Gasteiger partial charge in [0.1, 0.15) is 5.75 Å². The second-order valence-corrected chi connectivity index (χ2v) is 7.14. The van der Waals surface area contributed by atoms with Crippen molar-refractivity contribution in [1.82, 2.24) is 10.2 Å². The van der Waals surface area contributed by atoms with Crippen LogP contribution in [0.15, 0.2) is 24.3 Å². The number of ether oxygens (including phenoxy) is 1. The zero-order chi connectivity index (χ0) is 17.3. The fourth-order valence-corrected chi connectivity index (χ4v) is 3.44. The van der Waals surface area contributed by atoms with Crippen LogP contribution in [0.3, 0.4) is 0 Å². The molecule has 24 heavy (non-hydrogen) atoms. The van der Waals surface area contributed by atoms with Gasteiger partial charge in [0.05, 0.1) is 13.0 Å². The molecular weight excluding hydrogens is 304 g/mol. The molecule has 1 aliphatic heterocycles. The summed E-state index contributed by atoms with van der Waals surface area (Å²) in [6.07, 6.45) is 2.12. The Bertz CT molecular complexity index is 625. The van der Waals surface area contributed by atoms with E-state index >= 15 is 0 Å². The summed E-state index contributed by atoms with van der Waals surface area (Å²) >= 11 is 0. The number of carbonyl (C=O) groups excluding carboxylic acids is 2. The average Bonchev–Trinajstić information content (AvgIpc) is 3.28. The molecule has 1 heterocycles. The molecule has 1 saturated heterocycles. The molecule has 2 fully saturated rings. The number of nitrogens with zero attached hydrogens (tertiary/aromatic N) is 1. The zero-order valence-corrected chi connectivity index (χ0v) is 14.6. The highest BCUT2D eigenvalue weighted by Crippen LogP contribution is 2.38. The molecule has 0 bridgehead atoms. The van der Waals surface area contributed by atoms with Gasteiger partial charge in [-0.1, -0.05) is 32.0 Å². The topological polar surface area (TPSA) is 58.6 Å². The van der Waals surface area contributed by atoms with Crippen LogP contribution in [0.2, 0.25) is 0 Å². The van der Waals surface area contributed by atoms with Crippen LogP contribution in [0.4, 0.5) is 0 Å². The van der Waals surface area contributed by atoms with Gasteiger partial charge in [0, 0.05) is 31.0 Å². The number of carbonyl (C=O) groups is 2. The molecule has 0 spiro atoms. The van der Waals surface area contributed by atoms with Gasteiger partial charge in [-0.3, -0.25) is 9.59 Å². The van der Waals surface area contributed by atoms with E-state index in [1.807, 2.05) is 43.0 Å². The molecule has 1 aromatic carbocycles. The lowest BCUT2D eigenvalue weighted by Gasteiger charge is -2.20. The second kappa shape index (κ2) is 6.83. The lowest BCUT2D eigenvalue weighted by Crippen LogP contribution is -2.37. The second-order valence-electron chi connectivity index (χ2n) is 7.14. The van der Waals surface area contributed by atoms with E-state index in [0.717, 1.165) is 24.2 Å². The average molecular weight is 330 g/mol. The van der Waals surface area contributed by atoms with E-state index in [2.05, 4.69) is 5.32 Å². The summed E-state index contributed by atoms with van der Waals surface area (Å²) in [5.41, 5.74) is 1.01. The van der Waals surface area contributed by atoms with E-state index in [0.29, 0.717) is 19.1 Å². The Morgan fingerprint density at radius 3 is 2.54 bits per heavy atom. The molecule has 5 nitrogen and oxygen atoms in total. The molecule has 1 N–H and O–H groups in total. The first-order valence-electron chi connectivity index (χ1n) is 8.73. The summed E-state index contributed by atoms with van der Waals surface area (Å²) in [5.74, 6) is 0.649. The maximum absolute atomic E-state index is 12.7. The van der Waals surface area contributed by atoms with Gasteiger partial charge < -0.3 is 15.0 Å². The van der Waals surface area contributed by atoms with Crippen LogP contribution >= 0.6 is 0 Å². The van der Waals surface area contributed by atoms with Crippen LogP contribution in [0, 0.1) is 11.8 Å². The minimum Gasteiger partial charge on any atom is -0.496 e. The van der Waals surface area contributed by atoms with E-state index in [1.165, 1.54) is 0 Å². The fourth-order valence-electron chi connectivity index (χ4n) is 3.44. The van der Waals surface area contributed by atoms with Crippen molar-refractivity contribution in [2.75, 3.05) is 20.2 Å².